The van der Waals surface area contributed by atoms with E-state index in [9.17, 15) is 13.2 Å². The number of aromatic nitrogens is 2. The highest BCUT2D eigenvalue weighted by Gasteiger charge is 2.21. The van der Waals surface area contributed by atoms with E-state index in [-0.39, 0.29) is 10.8 Å². The molecule has 1 N–H and O–H groups in total. The predicted molar refractivity (Wildman–Crippen MR) is 97.0 cm³/mol. The summed E-state index contributed by atoms with van der Waals surface area (Å²) in [4.78, 5) is 12.9. The van der Waals surface area contributed by atoms with Gasteiger partial charge in [-0.05, 0) is 35.6 Å². The summed E-state index contributed by atoms with van der Waals surface area (Å²) in [6.07, 6.45) is 0.650. The minimum absolute atomic E-state index is 0.216. The highest BCUT2D eigenvalue weighted by Crippen LogP contribution is 2.16. The number of nitrogens with zero attached hydrogens (tertiary/aromatic N) is 3. The molecule has 0 saturated carbocycles. The van der Waals surface area contributed by atoms with E-state index in [1.807, 2.05) is 20.8 Å². The van der Waals surface area contributed by atoms with Gasteiger partial charge in [0, 0.05) is 19.6 Å². The van der Waals surface area contributed by atoms with Gasteiger partial charge in [0.25, 0.3) is 5.91 Å². The zero-order valence-corrected chi connectivity index (χ0v) is 16.2. The maximum absolute atomic E-state index is 12.4. The molecule has 25 heavy (non-hydrogen) atoms. The summed E-state index contributed by atoms with van der Waals surface area (Å²) in [5.74, 6) is -0.216. The molecule has 0 unspecified atom stereocenters. The molecule has 0 spiro atoms. The van der Waals surface area contributed by atoms with Crippen molar-refractivity contribution in [2.24, 2.45) is 0 Å². The maximum atomic E-state index is 12.4. The van der Waals surface area contributed by atoms with Crippen molar-refractivity contribution >= 4 is 27.5 Å². The standard InChI is InChI=1S/C16H22N4O3S2/c1-4-14-15(24-19-18-14)16(21)17-11-12-7-9-13(10-8-12)25(22,23)20(5-2)6-3/h7-10H,4-6,11H2,1-3H3,(H,17,21). The summed E-state index contributed by atoms with van der Waals surface area (Å²) < 4.78 is 30.1. The van der Waals surface area contributed by atoms with Crippen LogP contribution in [0.1, 0.15) is 41.7 Å². The monoisotopic (exact) mass is 382 g/mol. The Balaban J connectivity index is 2.05. The molecule has 2 rings (SSSR count). The topological polar surface area (TPSA) is 92.3 Å². The van der Waals surface area contributed by atoms with Crippen LogP contribution in [0.25, 0.3) is 0 Å². The van der Waals surface area contributed by atoms with Crippen LogP contribution in [0.4, 0.5) is 0 Å². The SMILES string of the molecule is CCc1nnsc1C(=O)NCc1ccc(S(=O)(=O)N(CC)CC)cc1. The summed E-state index contributed by atoms with van der Waals surface area (Å²) in [6.45, 7) is 6.71. The molecule has 1 aromatic carbocycles. The Bertz CT molecular complexity index is 812. The molecular formula is C16H22N4O3S2. The lowest BCUT2D eigenvalue weighted by Crippen LogP contribution is -2.30. The fourth-order valence-electron chi connectivity index (χ4n) is 2.37. The van der Waals surface area contributed by atoms with Gasteiger partial charge in [0.2, 0.25) is 10.0 Å². The van der Waals surface area contributed by atoms with E-state index < -0.39 is 10.0 Å². The van der Waals surface area contributed by atoms with Crippen molar-refractivity contribution in [1.82, 2.24) is 19.2 Å². The van der Waals surface area contributed by atoms with Crippen LogP contribution in [0.5, 0.6) is 0 Å². The second-order valence-electron chi connectivity index (χ2n) is 5.32. The van der Waals surface area contributed by atoms with Crippen molar-refractivity contribution in [3.63, 3.8) is 0 Å². The Labute approximate surface area is 152 Å². The fourth-order valence-corrected chi connectivity index (χ4v) is 4.49. The van der Waals surface area contributed by atoms with Gasteiger partial charge in [0.1, 0.15) is 4.88 Å². The molecule has 1 amide bonds. The van der Waals surface area contributed by atoms with Crippen molar-refractivity contribution < 1.29 is 13.2 Å². The van der Waals surface area contributed by atoms with Gasteiger partial charge in [0.15, 0.2) is 0 Å². The van der Waals surface area contributed by atoms with Gasteiger partial charge in [-0.1, -0.05) is 37.4 Å². The van der Waals surface area contributed by atoms with Crippen LogP contribution < -0.4 is 5.32 Å². The summed E-state index contributed by atoms with van der Waals surface area (Å²) in [5.41, 5.74) is 1.51. The van der Waals surface area contributed by atoms with Crippen molar-refractivity contribution in [3.8, 4) is 0 Å². The molecule has 0 atom stereocenters. The van der Waals surface area contributed by atoms with Gasteiger partial charge in [-0.2, -0.15) is 4.31 Å². The average Bonchev–Trinajstić information content (AvgIpc) is 3.09. The number of rotatable bonds is 8. The first-order valence-electron chi connectivity index (χ1n) is 8.12. The number of aryl methyl sites for hydroxylation is 1. The van der Waals surface area contributed by atoms with Gasteiger partial charge in [-0.15, -0.1) is 5.10 Å². The third-order valence-corrected chi connectivity index (χ3v) is 6.65. The van der Waals surface area contributed by atoms with E-state index in [1.165, 1.54) is 4.31 Å². The molecule has 2 aromatic rings. The average molecular weight is 383 g/mol. The molecule has 1 aromatic heterocycles. The van der Waals surface area contributed by atoms with Crippen molar-refractivity contribution in [3.05, 3.63) is 40.4 Å². The minimum Gasteiger partial charge on any atom is -0.347 e. The van der Waals surface area contributed by atoms with Gasteiger partial charge in [0.05, 0.1) is 10.6 Å². The predicted octanol–water partition coefficient (Wildman–Crippen LogP) is 2.06. The lowest BCUT2D eigenvalue weighted by molar-refractivity contribution is 0.0954. The van der Waals surface area contributed by atoms with E-state index in [0.717, 1.165) is 17.1 Å². The Morgan fingerprint density at radius 2 is 1.80 bits per heavy atom. The number of nitrogens with one attached hydrogen (secondary N) is 1. The molecule has 0 bridgehead atoms. The van der Waals surface area contributed by atoms with Crippen molar-refractivity contribution in [2.75, 3.05) is 13.1 Å². The second-order valence-corrected chi connectivity index (χ2v) is 8.01. The zero-order valence-electron chi connectivity index (χ0n) is 14.5. The quantitative estimate of drug-likeness (QED) is 0.754. The van der Waals surface area contributed by atoms with Gasteiger partial charge in [-0.3, -0.25) is 4.79 Å². The van der Waals surface area contributed by atoms with Crippen molar-refractivity contribution in [2.45, 2.75) is 38.6 Å². The first-order valence-corrected chi connectivity index (χ1v) is 10.3. The summed E-state index contributed by atoms with van der Waals surface area (Å²) >= 11 is 1.07. The summed E-state index contributed by atoms with van der Waals surface area (Å²) in [7, 11) is -3.46. The van der Waals surface area contributed by atoms with E-state index in [4.69, 9.17) is 0 Å². The number of sulfonamides is 1. The van der Waals surface area contributed by atoms with Crippen LogP contribution in [0.3, 0.4) is 0 Å². The number of hydrogen-bond acceptors (Lipinski definition) is 6. The van der Waals surface area contributed by atoms with Gasteiger partial charge < -0.3 is 5.32 Å². The second kappa shape index (κ2) is 8.50. The molecular weight excluding hydrogens is 360 g/mol. The third kappa shape index (κ3) is 4.42. The number of carbonyl (C=O) groups is 1. The first-order chi connectivity index (χ1) is 11.9. The largest absolute Gasteiger partial charge is 0.347 e. The number of carbonyl (C=O) groups excluding carboxylic acids is 1. The Morgan fingerprint density at radius 3 is 2.36 bits per heavy atom. The van der Waals surface area contributed by atoms with E-state index in [0.29, 0.717) is 36.6 Å². The number of amides is 1. The lowest BCUT2D eigenvalue weighted by atomic mass is 10.2. The Kier molecular flexibility index (Phi) is 6.63. The summed E-state index contributed by atoms with van der Waals surface area (Å²) in [6, 6.07) is 6.56. The van der Waals surface area contributed by atoms with Crippen LogP contribution in [-0.2, 0) is 23.0 Å². The van der Waals surface area contributed by atoms with Crippen LogP contribution in [0, 0.1) is 0 Å². The zero-order chi connectivity index (χ0) is 18.4. The molecule has 1 heterocycles. The minimum atomic E-state index is -3.46. The van der Waals surface area contributed by atoms with Crippen LogP contribution in [0.15, 0.2) is 29.2 Å². The lowest BCUT2D eigenvalue weighted by Gasteiger charge is -2.18. The number of benzene rings is 1. The van der Waals surface area contributed by atoms with E-state index in [2.05, 4.69) is 14.9 Å². The number of hydrogen-bond donors (Lipinski definition) is 1. The molecule has 9 heteroatoms. The Hall–Kier alpha value is -1.84. The molecule has 0 saturated heterocycles. The molecule has 0 aliphatic heterocycles. The van der Waals surface area contributed by atoms with Gasteiger partial charge >= 0.3 is 0 Å². The highest BCUT2D eigenvalue weighted by atomic mass is 32.2. The van der Waals surface area contributed by atoms with Crippen LogP contribution >= 0.6 is 11.5 Å². The molecule has 136 valence electrons. The highest BCUT2D eigenvalue weighted by molar-refractivity contribution is 7.89. The van der Waals surface area contributed by atoms with E-state index >= 15 is 0 Å². The molecule has 0 fully saturated rings. The smallest absolute Gasteiger partial charge is 0.265 e. The van der Waals surface area contributed by atoms with Crippen LogP contribution in [0.2, 0.25) is 0 Å². The molecule has 0 aliphatic carbocycles. The molecule has 7 nitrogen and oxygen atoms in total. The third-order valence-electron chi connectivity index (χ3n) is 3.82. The van der Waals surface area contributed by atoms with Gasteiger partial charge in [-0.25, -0.2) is 8.42 Å². The maximum Gasteiger partial charge on any atom is 0.265 e. The fraction of sp³-hybridized carbons (Fsp3) is 0.438. The molecule has 0 aliphatic rings. The van der Waals surface area contributed by atoms with Crippen molar-refractivity contribution in [1.29, 1.82) is 0 Å². The summed E-state index contributed by atoms with van der Waals surface area (Å²) in [5, 5.41) is 6.73. The van der Waals surface area contributed by atoms with Crippen LogP contribution in [-0.4, -0.2) is 41.3 Å². The first kappa shape index (κ1) is 19.5. The van der Waals surface area contributed by atoms with E-state index in [1.54, 1.807) is 24.3 Å². The normalized spacial score (nSPS) is 11.7. The molecule has 0 radical (unpaired) electrons. The Morgan fingerprint density at radius 1 is 1.16 bits per heavy atom.